The van der Waals surface area contributed by atoms with Gasteiger partial charge in [0.05, 0.1) is 32.1 Å². The first-order valence-corrected chi connectivity index (χ1v) is 11.0. The van der Waals surface area contributed by atoms with Crippen LogP contribution in [0.1, 0.15) is 16.2 Å². The highest BCUT2D eigenvalue weighted by Crippen LogP contribution is 2.17. The van der Waals surface area contributed by atoms with Crippen LogP contribution in [0.15, 0.2) is 34.5 Å². The zero-order chi connectivity index (χ0) is 22.9. The molecule has 2 aliphatic heterocycles. The van der Waals surface area contributed by atoms with Gasteiger partial charge in [0.2, 0.25) is 11.9 Å². The summed E-state index contributed by atoms with van der Waals surface area (Å²) in [6.07, 6.45) is 0. The Bertz CT molecular complexity index is 961. The van der Waals surface area contributed by atoms with E-state index in [-0.39, 0.29) is 12.6 Å². The van der Waals surface area contributed by atoms with Crippen molar-refractivity contribution in [2.45, 2.75) is 6.54 Å². The van der Waals surface area contributed by atoms with Gasteiger partial charge in [0.25, 0.3) is 0 Å². The summed E-state index contributed by atoms with van der Waals surface area (Å²) in [4.78, 5) is 29.1. The molecule has 0 atom stereocenters. The summed E-state index contributed by atoms with van der Waals surface area (Å²) in [6.45, 7) is 7.25. The third-order valence-electron chi connectivity index (χ3n) is 5.21. The summed E-state index contributed by atoms with van der Waals surface area (Å²) in [5.74, 6) is 0.469. The number of hydrogen-bond donors (Lipinski definition) is 1. The molecule has 2 fully saturated rings. The molecular formula is C21H28N8O4. The number of primary amides is 1. The number of anilines is 1. The van der Waals surface area contributed by atoms with Gasteiger partial charge < -0.3 is 24.8 Å². The molecule has 0 unspecified atom stereocenters. The maximum Gasteiger partial charge on any atom is 0.321 e. The minimum atomic E-state index is -0.515. The van der Waals surface area contributed by atoms with Crippen molar-refractivity contribution in [3.05, 3.63) is 35.7 Å². The van der Waals surface area contributed by atoms with Gasteiger partial charge in [-0.05, 0) is 18.2 Å². The number of rotatable bonds is 9. The number of aromatic nitrogens is 3. The number of azo groups is 1. The lowest BCUT2D eigenvalue weighted by molar-refractivity contribution is 0.0317. The van der Waals surface area contributed by atoms with Crippen LogP contribution in [0.3, 0.4) is 0 Å². The fraction of sp³-hybridized carbons (Fsp3) is 0.524. The number of carbonyl (C=O) groups is 1. The standard InChI is InChI=1S/C21H28N8O4/c22-19(30)16-2-1-3-17(14-16)27-23-15-18-24-20(29-7-11-32-12-8-29)26-21(25-18)33-13-6-28-4-9-31-10-5-28/h1-3,14H,4-13,15H2,(H2,22,30). The first-order valence-electron chi connectivity index (χ1n) is 11.0. The molecule has 0 spiro atoms. The van der Waals surface area contributed by atoms with E-state index in [9.17, 15) is 4.79 Å². The number of morpholine rings is 2. The average molecular weight is 457 g/mol. The Morgan fingerprint density at radius 1 is 1.06 bits per heavy atom. The van der Waals surface area contributed by atoms with E-state index in [1.807, 2.05) is 4.90 Å². The topological polar surface area (TPSA) is 141 Å². The maximum atomic E-state index is 11.3. The normalized spacial score (nSPS) is 17.4. The molecule has 0 saturated carbocycles. The van der Waals surface area contributed by atoms with Crippen LogP contribution in [0, 0.1) is 0 Å². The smallest absolute Gasteiger partial charge is 0.321 e. The molecule has 1 amide bonds. The highest BCUT2D eigenvalue weighted by Gasteiger charge is 2.18. The fourth-order valence-corrected chi connectivity index (χ4v) is 3.42. The van der Waals surface area contributed by atoms with Crippen LogP contribution >= 0.6 is 0 Å². The molecule has 0 aliphatic carbocycles. The minimum Gasteiger partial charge on any atom is -0.462 e. The van der Waals surface area contributed by atoms with E-state index < -0.39 is 5.91 Å². The second-order valence-electron chi connectivity index (χ2n) is 7.55. The fourth-order valence-electron chi connectivity index (χ4n) is 3.42. The number of amides is 1. The zero-order valence-corrected chi connectivity index (χ0v) is 18.4. The first kappa shape index (κ1) is 23.0. The molecule has 2 saturated heterocycles. The molecule has 176 valence electrons. The van der Waals surface area contributed by atoms with E-state index in [0.29, 0.717) is 55.9 Å². The second kappa shape index (κ2) is 11.6. The quantitative estimate of drug-likeness (QED) is 0.542. The Balaban J connectivity index is 1.43. The van der Waals surface area contributed by atoms with Gasteiger partial charge in [0.15, 0.2) is 5.82 Å². The van der Waals surface area contributed by atoms with E-state index in [2.05, 4.69) is 30.1 Å². The molecule has 2 aromatic rings. The predicted molar refractivity (Wildman–Crippen MR) is 119 cm³/mol. The van der Waals surface area contributed by atoms with Crippen LogP contribution in [0.5, 0.6) is 6.01 Å². The largest absolute Gasteiger partial charge is 0.462 e. The third kappa shape index (κ3) is 6.88. The molecule has 2 aliphatic rings. The van der Waals surface area contributed by atoms with Gasteiger partial charge in [0, 0.05) is 38.3 Å². The van der Waals surface area contributed by atoms with Crippen LogP contribution in [-0.4, -0.2) is 91.5 Å². The van der Waals surface area contributed by atoms with E-state index in [4.69, 9.17) is 19.9 Å². The van der Waals surface area contributed by atoms with Crippen molar-refractivity contribution < 1.29 is 19.0 Å². The molecule has 0 bridgehead atoms. The Morgan fingerprint density at radius 2 is 1.82 bits per heavy atom. The van der Waals surface area contributed by atoms with E-state index in [1.54, 1.807) is 24.3 Å². The van der Waals surface area contributed by atoms with E-state index >= 15 is 0 Å². The van der Waals surface area contributed by atoms with Crippen LogP contribution in [0.2, 0.25) is 0 Å². The molecule has 12 nitrogen and oxygen atoms in total. The van der Waals surface area contributed by atoms with E-state index in [1.165, 1.54) is 0 Å². The monoisotopic (exact) mass is 456 g/mol. The number of nitrogens with two attached hydrogens (primary N) is 1. The molecule has 4 rings (SSSR count). The molecule has 2 N–H and O–H groups in total. The van der Waals surface area contributed by atoms with Gasteiger partial charge in [-0.2, -0.15) is 25.2 Å². The lowest BCUT2D eigenvalue weighted by atomic mass is 10.2. The lowest BCUT2D eigenvalue weighted by Gasteiger charge is -2.27. The van der Waals surface area contributed by atoms with Crippen LogP contribution < -0.4 is 15.4 Å². The molecule has 33 heavy (non-hydrogen) atoms. The highest BCUT2D eigenvalue weighted by atomic mass is 16.5. The molecule has 1 aromatic heterocycles. The number of ether oxygens (including phenoxy) is 3. The number of nitrogens with zero attached hydrogens (tertiary/aromatic N) is 7. The molecule has 0 radical (unpaired) electrons. The SMILES string of the molecule is NC(=O)c1cccc(N=NCc2nc(OCCN3CCOCC3)nc(N3CCOCC3)n2)c1. The number of hydrogen-bond acceptors (Lipinski definition) is 11. The highest BCUT2D eigenvalue weighted by molar-refractivity contribution is 5.93. The Hall–Kier alpha value is -3.22. The summed E-state index contributed by atoms with van der Waals surface area (Å²) >= 11 is 0. The summed E-state index contributed by atoms with van der Waals surface area (Å²) in [7, 11) is 0. The third-order valence-corrected chi connectivity index (χ3v) is 5.21. The summed E-state index contributed by atoms with van der Waals surface area (Å²) < 4.78 is 16.7. The predicted octanol–water partition coefficient (Wildman–Crippen LogP) is 0.802. The van der Waals surface area contributed by atoms with Crippen molar-refractivity contribution in [1.82, 2.24) is 19.9 Å². The summed E-state index contributed by atoms with van der Waals surface area (Å²) in [5, 5.41) is 8.36. The van der Waals surface area contributed by atoms with E-state index in [0.717, 1.165) is 32.8 Å². The van der Waals surface area contributed by atoms with Crippen molar-refractivity contribution in [3.8, 4) is 6.01 Å². The van der Waals surface area contributed by atoms with Crippen LogP contribution in [0.25, 0.3) is 0 Å². The Morgan fingerprint density at radius 3 is 2.58 bits per heavy atom. The minimum absolute atomic E-state index is 0.139. The Kier molecular flexibility index (Phi) is 8.06. The molecule has 1 aromatic carbocycles. The molecule has 12 heteroatoms. The molecule has 3 heterocycles. The number of carbonyl (C=O) groups excluding carboxylic acids is 1. The summed E-state index contributed by atoms with van der Waals surface area (Å²) in [6, 6.07) is 6.92. The van der Waals surface area contributed by atoms with Gasteiger partial charge in [-0.15, -0.1) is 0 Å². The molecular weight excluding hydrogens is 428 g/mol. The van der Waals surface area contributed by atoms with Gasteiger partial charge in [0.1, 0.15) is 13.2 Å². The van der Waals surface area contributed by atoms with Crippen molar-refractivity contribution in [2.75, 3.05) is 70.7 Å². The summed E-state index contributed by atoms with van der Waals surface area (Å²) in [5.41, 5.74) is 6.22. The number of benzene rings is 1. The Labute approximate surface area is 191 Å². The maximum absolute atomic E-state index is 11.3. The van der Waals surface area contributed by atoms with Gasteiger partial charge in [-0.25, -0.2) is 0 Å². The van der Waals surface area contributed by atoms with Gasteiger partial charge in [-0.3, -0.25) is 9.69 Å². The first-order chi connectivity index (χ1) is 16.2. The second-order valence-corrected chi connectivity index (χ2v) is 7.55. The van der Waals surface area contributed by atoms with Crippen LogP contribution in [0.4, 0.5) is 11.6 Å². The average Bonchev–Trinajstić information content (AvgIpc) is 2.85. The van der Waals surface area contributed by atoms with Crippen LogP contribution in [-0.2, 0) is 16.0 Å². The zero-order valence-electron chi connectivity index (χ0n) is 18.4. The lowest BCUT2D eigenvalue weighted by Crippen LogP contribution is -2.39. The van der Waals surface area contributed by atoms with Crippen molar-refractivity contribution in [1.29, 1.82) is 0 Å². The van der Waals surface area contributed by atoms with Crippen molar-refractivity contribution in [3.63, 3.8) is 0 Å². The van der Waals surface area contributed by atoms with Crippen molar-refractivity contribution >= 4 is 17.5 Å². The van der Waals surface area contributed by atoms with Gasteiger partial charge >= 0.3 is 6.01 Å². The van der Waals surface area contributed by atoms with Gasteiger partial charge in [-0.1, -0.05) is 6.07 Å². The van der Waals surface area contributed by atoms with Crippen molar-refractivity contribution in [2.24, 2.45) is 16.0 Å².